The van der Waals surface area contributed by atoms with Gasteiger partial charge in [0.1, 0.15) is 6.04 Å². The average molecular weight is 498 g/mol. The van der Waals surface area contributed by atoms with Gasteiger partial charge >= 0.3 is 11.9 Å². The number of carboxylic acid groups (broad SMARTS) is 3. The molecular weight excluding hydrogens is 446 g/mol. The van der Waals surface area contributed by atoms with Gasteiger partial charge in [0.05, 0.1) is 12.5 Å². The van der Waals surface area contributed by atoms with Gasteiger partial charge in [0.15, 0.2) is 12.1 Å². The third kappa shape index (κ3) is 11.1. The Labute approximate surface area is 213 Å². The standard InChI is InChI=1S/C28H51NO6/c1-5-9-10-11-12-13-14-15-16-17-18-22-29(23(19-6-2)26(30)31,24(20-7-3)27(32)33)25(21-8-4)28(34)35/h5,9,23-25H,6-8,10-22H2,1-4H3,(H2-,30,31,32,33,34,35)/b9-5+. The molecule has 7 nitrogen and oxygen atoms in total. The number of allylic oxidation sites excluding steroid dienone is 2. The van der Waals surface area contributed by atoms with Gasteiger partial charge < -0.3 is 20.1 Å². The molecule has 0 amide bonds. The first-order chi connectivity index (χ1) is 16.7. The van der Waals surface area contributed by atoms with E-state index >= 15 is 0 Å². The van der Waals surface area contributed by atoms with Crippen LogP contribution in [0.4, 0.5) is 0 Å². The normalized spacial score (nSPS) is 16.0. The molecular formula is C28H51NO6. The molecule has 0 rings (SSSR count). The molecule has 0 spiro atoms. The molecule has 3 atom stereocenters. The van der Waals surface area contributed by atoms with Crippen molar-refractivity contribution in [3.8, 4) is 0 Å². The fourth-order valence-electron chi connectivity index (χ4n) is 5.51. The number of hydrogen-bond donors (Lipinski definition) is 2. The topological polar surface area (TPSA) is 115 Å². The van der Waals surface area contributed by atoms with Crippen LogP contribution in [0.5, 0.6) is 0 Å². The lowest BCUT2D eigenvalue weighted by Gasteiger charge is -2.52. The van der Waals surface area contributed by atoms with Crippen LogP contribution in [0.3, 0.4) is 0 Å². The van der Waals surface area contributed by atoms with E-state index in [4.69, 9.17) is 0 Å². The Morgan fingerprint density at radius 2 is 1.11 bits per heavy atom. The lowest BCUT2D eigenvalue weighted by Crippen LogP contribution is -2.74. The zero-order valence-electron chi connectivity index (χ0n) is 22.7. The molecule has 0 radical (unpaired) electrons. The first kappa shape index (κ1) is 33.1. The summed E-state index contributed by atoms with van der Waals surface area (Å²) in [6, 6.07) is -3.32. The van der Waals surface area contributed by atoms with E-state index in [1.54, 1.807) is 0 Å². The summed E-state index contributed by atoms with van der Waals surface area (Å²) < 4.78 is -0.437. The maximum absolute atomic E-state index is 12.5. The SMILES string of the molecule is C/C=C/CCCCCCCCCC[N+](C(CCC)C(=O)[O-])(C(CCC)C(=O)O)C(CCC)C(=O)O. The van der Waals surface area contributed by atoms with E-state index < -0.39 is 40.5 Å². The van der Waals surface area contributed by atoms with E-state index in [0.29, 0.717) is 25.7 Å². The minimum atomic E-state index is -1.34. The van der Waals surface area contributed by atoms with Gasteiger partial charge in [-0.1, -0.05) is 71.4 Å². The third-order valence-corrected chi connectivity index (χ3v) is 7.17. The molecule has 0 aromatic heterocycles. The van der Waals surface area contributed by atoms with E-state index in [0.717, 1.165) is 32.1 Å². The van der Waals surface area contributed by atoms with Crippen molar-refractivity contribution in [1.29, 1.82) is 0 Å². The van der Waals surface area contributed by atoms with Crippen LogP contribution in [-0.4, -0.2) is 57.3 Å². The second kappa shape index (κ2) is 19.3. The molecule has 0 bridgehead atoms. The van der Waals surface area contributed by atoms with Crippen molar-refractivity contribution in [2.24, 2.45) is 0 Å². The summed E-state index contributed by atoms with van der Waals surface area (Å²) in [4.78, 5) is 37.3. The highest BCUT2D eigenvalue weighted by Gasteiger charge is 2.54. The molecule has 0 heterocycles. The van der Waals surface area contributed by atoms with Gasteiger partial charge in [-0.25, -0.2) is 9.59 Å². The predicted octanol–water partition coefficient (Wildman–Crippen LogP) is 5.32. The lowest BCUT2D eigenvalue weighted by molar-refractivity contribution is -0.975. The van der Waals surface area contributed by atoms with Crippen LogP contribution < -0.4 is 5.11 Å². The number of rotatable bonds is 23. The fraction of sp³-hybridized carbons (Fsp3) is 0.821. The van der Waals surface area contributed by atoms with Gasteiger partial charge in [0.25, 0.3) is 0 Å². The maximum Gasteiger partial charge on any atom is 0.362 e. The van der Waals surface area contributed by atoms with Crippen molar-refractivity contribution in [2.75, 3.05) is 6.54 Å². The number of aliphatic carboxylic acids is 3. The van der Waals surface area contributed by atoms with Crippen molar-refractivity contribution in [2.45, 2.75) is 142 Å². The van der Waals surface area contributed by atoms with Gasteiger partial charge in [-0.15, -0.1) is 0 Å². The van der Waals surface area contributed by atoms with Crippen LogP contribution in [-0.2, 0) is 14.4 Å². The molecule has 204 valence electrons. The number of hydrogen-bond acceptors (Lipinski definition) is 4. The molecule has 0 aliphatic heterocycles. The second-order valence-electron chi connectivity index (χ2n) is 9.81. The molecule has 3 unspecified atom stereocenters. The molecule has 0 aliphatic carbocycles. The van der Waals surface area contributed by atoms with E-state index in [2.05, 4.69) is 12.2 Å². The summed E-state index contributed by atoms with van der Waals surface area (Å²) in [5, 5.41) is 32.8. The maximum atomic E-state index is 12.5. The number of nitrogens with zero attached hydrogens (tertiary/aromatic N) is 1. The van der Waals surface area contributed by atoms with Crippen LogP contribution in [0.15, 0.2) is 12.2 Å². The van der Waals surface area contributed by atoms with Crippen LogP contribution >= 0.6 is 0 Å². The van der Waals surface area contributed by atoms with E-state index in [1.807, 2.05) is 27.7 Å². The highest BCUT2D eigenvalue weighted by Crippen LogP contribution is 2.34. The summed E-state index contributed by atoms with van der Waals surface area (Å²) >= 11 is 0. The fourth-order valence-corrected chi connectivity index (χ4v) is 5.51. The van der Waals surface area contributed by atoms with Gasteiger partial charge in [0, 0.05) is 19.3 Å². The van der Waals surface area contributed by atoms with Crippen molar-refractivity contribution in [3.63, 3.8) is 0 Å². The van der Waals surface area contributed by atoms with Gasteiger partial charge in [-0.3, -0.25) is 4.48 Å². The smallest absolute Gasteiger partial charge is 0.362 e. The lowest BCUT2D eigenvalue weighted by atomic mass is 9.91. The Kier molecular flexibility index (Phi) is 18.3. The Bertz CT molecular complexity index is 573. The zero-order chi connectivity index (χ0) is 26.7. The van der Waals surface area contributed by atoms with Crippen molar-refractivity contribution in [3.05, 3.63) is 12.2 Å². The number of carboxylic acids is 3. The van der Waals surface area contributed by atoms with Gasteiger partial charge in [-0.2, -0.15) is 0 Å². The predicted molar refractivity (Wildman–Crippen MR) is 138 cm³/mol. The van der Waals surface area contributed by atoms with Crippen molar-refractivity contribution >= 4 is 17.9 Å². The van der Waals surface area contributed by atoms with Crippen LogP contribution in [0, 0.1) is 0 Å². The number of carbonyl (C=O) groups excluding carboxylic acids is 1. The van der Waals surface area contributed by atoms with Gasteiger partial charge in [-0.05, 0) is 45.4 Å². The Balaban J connectivity index is 5.69. The first-order valence-corrected chi connectivity index (χ1v) is 13.9. The largest absolute Gasteiger partial charge is 0.544 e. The molecule has 0 saturated carbocycles. The molecule has 0 aromatic rings. The second-order valence-corrected chi connectivity index (χ2v) is 9.81. The molecule has 0 aliphatic rings. The average Bonchev–Trinajstić information content (AvgIpc) is 2.81. The molecule has 0 aromatic carbocycles. The van der Waals surface area contributed by atoms with Crippen LogP contribution in [0.1, 0.15) is 124 Å². The third-order valence-electron chi connectivity index (χ3n) is 7.17. The summed E-state index contributed by atoms with van der Waals surface area (Å²) in [5.41, 5.74) is 0. The highest BCUT2D eigenvalue weighted by molar-refractivity contribution is 5.77. The monoisotopic (exact) mass is 497 g/mol. The summed E-state index contributed by atoms with van der Waals surface area (Å²) in [7, 11) is 0. The number of carbonyl (C=O) groups is 3. The zero-order valence-corrected chi connectivity index (χ0v) is 22.7. The van der Waals surface area contributed by atoms with Crippen LogP contribution in [0.2, 0.25) is 0 Å². The van der Waals surface area contributed by atoms with Crippen LogP contribution in [0.25, 0.3) is 0 Å². The van der Waals surface area contributed by atoms with Crippen molar-refractivity contribution < 1.29 is 34.2 Å². The Hall–Kier alpha value is -1.89. The van der Waals surface area contributed by atoms with Crippen molar-refractivity contribution in [1.82, 2.24) is 0 Å². The Morgan fingerprint density at radius 1 is 0.714 bits per heavy atom. The molecule has 0 saturated heterocycles. The first-order valence-electron chi connectivity index (χ1n) is 13.9. The Morgan fingerprint density at radius 3 is 1.49 bits per heavy atom. The molecule has 35 heavy (non-hydrogen) atoms. The minimum absolute atomic E-state index is 0.205. The van der Waals surface area contributed by atoms with Gasteiger partial charge in [0.2, 0.25) is 0 Å². The summed E-state index contributed by atoms with van der Waals surface area (Å²) in [6.07, 6.45) is 15.9. The molecule has 0 fully saturated rings. The molecule has 7 heteroatoms. The number of quaternary nitrogens is 1. The summed E-state index contributed by atoms with van der Waals surface area (Å²) in [5.74, 6) is -3.57. The summed E-state index contributed by atoms with van der Waals surface area (Å²) in [6.45, 7) is 7.82. The number of unbranched alkanes of at least 4 members (excludes halogenated alkanes) is 8. The highest BCUT2D eigenvalue weighted by atomic mass is 16.4. The quantitative estimate of drug-likeness (QED) is 0.112. The van der Waals surface area contributed by atoms with E-state index in [-0.39, 0.29) is 25.8 Å². The minimum Gasteiger partial charge on any atom is -0.544 e. The van der Waals surface area contributed by atoms with E-state index in [9.17, 15) is 29.7 Å². The molecule has 2 N–H and O–H groups in total. The van der Waals surface area contributed by atoms with E-state index in [1.165, 1.54) is 19.3 Å².